The Morgan fingerprint density at radius 2 is 1.63 bits per heavy atom. The SMILES string of the molecule is COc1cc(C(=O)Nc2ccccc2N2CCN(C)CC2)cc(OC)c1Br. The number of para-hydroxylation sites is 2. The van der Waals surface area contributed by atoms with Gasteiger partial charge in [-0.1, -0.05) is 12.1 Å². The molecule has 2 aromatic rings. The Morgan fingerprint density at radius 1 is 1.04 bits per heavy atom. The predicted octanol–water partition coefficient (Wildman–Crippen LogP) is 3.47. The van der Waals surface area contributed by atoms with Gasteiger partial charge in [0.05, 0.1) is 25.6 Å². The minimum absolute atomic E-state index is 0.208. The van der Waals surface area contributed by atoms with Gasteiger partial charge in [-0.25, -0.2) is 0 Å². The number of rotatable bonds is 5. The maximum Gasteiger partial charge on any atom is 0.255 e. The topological polar surface area (TPSA) is 54.0 Å². The number of benzene rings is 2. The third-order valence-electron chi connectivity index (χ3n) is 4.70. The summed E-state index contributed by atoms with van der Waals surface area (Å²) in [4.78, 5) is 17.5. The van der Waals surface area contributed by atoms with Crippen molar-refractivity contribution in [3.05, 3.63) is 46.4 Å². The minimum atomic E-state index is -0.208. The number of amides is 1. The largest absolute Gasteiger partial charge is 0.495 e. The molecule has 0 aromatic heterocycles. The van der Waals surface area contributed by atoms with Crippen LogP contribution in [0.25, 0.3) is 0 Å². The van der Waals surface area contributed by atoms with Crippen LogP contribution in [0.2, 0.25) is 0 Å². The fourth-order valence-electron chi connectivity index (χ4n) is 3.10. The highest BCUT2D eigenvalue weighted by Crippen LogP contribution is 2.36. The van der Waals surface area contributed by atoms with Gasteiger partial charge in [0.1, 0.15) is 16.0 Å². The summed E-state index contributed by atoms with van der Waals surface area (Å²) in [6.07, 6.45) is 0. The van der Waals surface area contributed by atoms with Crippen LogP contribution in [0.4, 0.5) is 11.4 Å². The molecule has 1 N–H and O–H groups in total. The van der Waals surface area contributed by atoms with Gasteiger partial charge in [0.2, 0.25) is 0 Å². The molecule has 2 aromatic carbocycles. The molecule has 0 saturated carbocycles. The van der Waals surface area contributed by atoms with Gasteiger partial charge in [0.25, 0.3) is 5.91 Å². The van der Waals surface area contributed by atoms with Gasteiger partial charge >= 0.3 is 0 Å². The Kier molecular flexibility index (Phi) is 6.23. The highest BCUT2D eigenvalue weighted by atomic mass is 79.9. The van der Waals surface area contributed by atoms with Crippen molar-refractivity contribution < 1.29 is 14.3 Å². The van der Waals surface area contributed by atoms with E-state index in [4.69, 9.17) is 9.47 Å². The van der Waals surface area contributed by atoms with E-state index in [1.807, 2.05) is 24.3 Å². The van der Waals surface area contributed by atoms with Gasteiger partial charge in [-0.05, 0) is 47.2 Å². The zero-order valence-electron chi connectivity index (χ0n) is 15.8. The molecule has 1 amide bonds. The van der Waals surface area contributed by atoms with Crippen molar-refractivity contribution in [3.8, 4) is 11.5 Å². The van der Waals surface area contributed by atoms with Crippen LogP contribution in [0.3, 0.4) is 0 Å². The van der Waals surface area contributed by atoms with Crippen molar-refractivity contribution in [3.63, 3.8) is 0 Å². The number of anilines is 2. The van der Waals surface area contributed by atoms with E-state index in [1.54, 1.807) is 26.4 Å². The van der Waals surface area contributed by atoms with Crippen molar-refractivity contribution in [2.75, 3.05) is 57.7 Å². The lowest BCUT2D eigenvalue weighted by atomic mass is 10.1. The molecule has 6 nitrogen and oxygen atoms in total. The average molecular weight is 434 g/mol. The van der Waals surface area contributed by atoms with Crippen LogP contribution >= 0.6 is 15.9 Å². The molecule has 0 radical (unpaired) electrons. The van der Waals surface area contributed by atoms with E-state index >= 15 is 0 Å². The van der Waals surface area contributed by atoms with E-state index in [-0.39, 0.29) is 5.91 Å². The van der Waals surface area contributed by atoms with Crippen molar-refractivity contribution in [2.24, 2.45) is 0 Å². The molecule has 144 valence electrons. The molecule has 0 spiro atoms. The van der Waals surface area contributed by atoms with Gasteiger partial charge < -0.3 is 24.6 Å². The first-order chi connectivity index (χ1) is 13.0. The van der Waals surface area contributed by atoms with Gasteiger partial charge in [-0.3, -0.25) is 4.79 Å². The Balaban J connectivity index is 1.85. The number of hydrogen-bond donors (Lipinski definition) is 1. The monoisotopic (exact) mass is 433 g/mol. The van der Waals surface area contributed by atoms with Crippen molar-refractivity contribution in [2.45, 2.75) is 0 Å². The van der Waals surface area contributed by atoms with Crippen LogP contribution in [0.5, 0.6) is 11.5 Å². The molecule has 27 heavy (non-hydrogen) atoms. The maximum absolute atomic E-state index is 12.9. The number of carbonyl (C=O) groups is 1. The Labute approximate surface area is 168 Å². The van der Waals surface area contributed by atoms with Crippen LogP contribution in [-0.2, 0) is 0 Å². The number of methoxy groups -OCH3 is 2. The molecular formula is C20H24BrN3O3. The van der Waals surface area contributed by atoms with Crippen LogP contribution in [-0.4, -0.2) is 58.3 Å². The lowest BCUT2D eigenvalue weighted by Crippen LogP contribution is -2.44. The van der Waals surface area contributed by atoms with E-state index in [1.165, 1.54) is 0 Å². The third kappa shape index (κ3) is 4.36. The van der Waals surface area contributed by atoms with Gasteiger partial charge in [0, 0.05) is 31.7 Å². The summed E-state index contributed by atoms with van der Waals surface area (Å²) >= 11 is 3.43. The summed E-state index contributed by atoms with van der Waals surface area (Å²) in [5, 5.41) is 3.04. The summed E-state index contributed by atoms with van der Waals surface area (Å²) < 4.78 is 11.4. The normalized spacial score (nSPS) is 14.7. The fourth-order valence-corrected chi connectivity index (χ4v) is 3.65. The number of ether oxygens (including phenoxy) is 2. The minimum Gasteiger partial charge on any atom is -0.495 e. The molecule has 1 aliphatic rings. The maximum atomic E-state index is 12.9. The lowest BCUT2D eigenvalue weighted by Gasteiger charge is -2.35. The van der Waals surface area contributed by atoms with Gasteiger partial charge in [-0.15, -0.1) is 0 Å². The van der Waals surface area contributed by atoms with Crippen LogP contribution in [0, 0.1) is 0 Å². The van der Waals surface area contributed by atoms with Crippen LogP contribution in [0.1, 0.15) is 10.4 Å². The summed E-state index contributed by atoms with van der Waals surface area (Å²) in [5.74, 6) is 0.888. The molecule has 0 aliphatic carbocycles. The Hall–Kier alpha value is -2.25. The molecular weight excluding hydrogens is 410 g/mol. The number of hydrogen-bond acceptors (Lipinski definition) is 5. The first-order valence-corrected chi connectivity index (χ1v) is 9.58. The van der Waals surface area contributed by atoms with E-state index in [9.17, 15) is 4.79 Å². The molecule has 1 fully saturated rings. The first-order valence-electron chi connectivity index (χ1n) is 8.79. The van der Waals surface area contributed by atoms with Gasteiger partial charge in [-0.2, -0.15) is 0 Å². The van der Waals surface area contributed by atoms with Gasteiger partial charge in [0.15, 0.2) is 0 Å². The van der Waals surface area contributed by atoms with E-state index in [0.717, 1.165) is 37.6 Å². The molecule has 1 saturated heterocycles. The van der Waals surface area contributed by atoms with Crippen molar-refractivity contribution >= 4 is 33.2 Å². The summed E-state index contributed by atoms with van der Waals surface area (Å²) in [6, 6.07) is 11.3. The number of nitrogens with zero attached hydrogens (tertiary/aromatic N) is 2. The Bertz CT molecular complexity index is 795. The molecule has 0 unspecified atom stereocenters. The highest BCUT2D eigenvalue weighted by molar-refractivity contribution is 9.10. The average Bonchev–Trinajstić information content (AvgIpc) is 2.69. The second-order valence-electron chi connectivity index (χ2n) is 6.46. The molecule has 0 bridgehead atoms. The zero-order valence-corrected chi connectivity index (χ0v) is 17.4. The molecule has 0 atom stereocenters. The number of nitrogens with one attached hydrogen (secondary N) is 1. The summed E-state index contributed by atoms with van der Waals surface area (Å²) in [5.41, 5.74) is 2.31. The third-order valence-corrected chi connectivity index (χ3v) is 5.49. The molecule has 3 rings (SSSR count). The number of carbonyl (C=O) groups excluding carboxylic acids is 1. The fraction of sp³-hybridized carbons (Fsp3) is 0.350. The lowest BCUT2D eigenvalue weighted by molar-refractivity contribution is 0.102. The molecule has 1 aliphatic heterocycles. The van der Waals surface area contributed by atoms with Crippen molar-refractivity contribution in [1.82, 2.24) is 4.90 Å². The van der Waals surface area contributed by atoms with Crippen LogP contribution in [0.15, 0.2) is 40.9 Å². The number of likely N-dealkylation sites (N-methyl/N-ethyl adjacent to an activating group) is 1. The predicted molar refractivity (Wildman–Crippen MR) is 111 cm³/mol. The number of piperazine rings is 1. The smallest absolute Gasteiger partial charge is 0.255 e. The van der Waals surface area contributed by atoms with Crippen molar-refractivity contribution in [1.29, 1.82) is 0 Å². The molecule has 7 heteroatoms. The second kappa shape index (κ2) is 8.63. The summed E-state index contributed by atoms with van der Waals surface area (Å²) in [7, 11) is 5.24. The van der Waals surface area contributed by atoms with Crippen LogP contribution < -0.4 is 19.7 Å². The highest BCUT2D eigenvalue weighted by Gasteiger charge is 2.19. The summed E-state index contributed by atoms with van der Waals surface area (Å²) in [6.45, 7) is 3.87. The molecule has 1 heterocycles. The second-order valence-corrected chi connectivity index (χ2v) is 7.25. The van der Waals surface area contributed by atoms with E-state index < -0.39 is 0 Å². The number of halogens is 1. The Morgan fingerprint density at radius 3 is 2.22 bits per heavy atom. The zero-order chi connectivity index (χ0) is 19.4. The standard InChI is InChI=1S/C20H24BrN3O3/c1-23-8-10-24(11-9-23)16-7-5-4-6-15(16)22-20(25)14-12-17(26-2)19(21)18(13-14)27-3/h4-7,12-13H,8-11H2,1-3H3,(H,22,25). The van der Waals surface area contributed by atoms with E-state index in [2.05, 4.69) is 38.1 Å². The van der Waals surface area contributed by atoms with E-state index in [0.29, 0.717) is 21.5 Å². The quantitative estimate of drug-likeness (QED) is 0.781. The first kappa shape index (κ1) is 19.5.